The van der Waals surface area contributed by atoms with Crippen molar-refractivity contribution in [3.63, 3.8) is 0 Å². The molecule has 3 heterocycles. The third kappa shape index (κ3) is 4.30. The van der Waals surface area contributed by atoms with Crippen molar-refractivity contribution in [3.8, 4) is 0 Å². The summed E-state index contributed by atoms with van der Waals surface area (Å²) in [5.41, 5.74) is 1.66. The molecule has 3 N–H and O–H groups in total. The number of thioether (sulfide) groups is 1. The maximum Gasteiger partial charge on any atom is 0.248 e. The summed E-state index contributed by atoms with van der Waals surface area (Å²) in [6.07, 6.45) is 1.99. The van der Waals surface area contributed by atoms with Crippen LogP contribution < -0.4 is 10.6 Å². The number of rotatable bonds is 8. The number of hydrogen-bond acceptors (Lipinski definition) is 5. The molecule has 3 aromatic carbocycles. The number of benzene rings is 3. The second kappa shape index (κ2) is 10.3. The van der Waals surface area contributed by atoms with E-state index in [0.29, 0.717) is 25.1 Å². The number of aliphatic hydroxyl groups excluding tert-OH is 1. The van der Waals surface area contributed by atoms with Crippen molar-refractivity contribution in [1.82, 2.24) is 10.2 Å². The first-order chi connectivity index (χ1) is 19.0. The van der Waals surface area contributed by atoms with E-state index in [1.165, 1.54) is 0 Å². The average molecular weight is 544 g/mol. The number of nitrogens with one attached hydrogen (secondary N) is 2. The normalized spacial score (nSPS) is 27.9. The lowest BCUT2D eigenvalue weighted by Gasteiger charge is -2.36. The van der Waals surface area contributed by atoms with E-state index in [0.717, 1.165) is 22.8 Å². The van der Waals surface area contributed by atoms with Crippen molar-refractivity contribution in [1.29, 1.82) is 0 Å². The van der Waals surface area contributed by atoms with E-state index in [1.54, 1.807) is 16.7 Å². The lowest BCUT2D eigenvalue weighted by molar-refractivity contribution is -0.142. The van der Waals surface area contributed by atoms with Gasteiger partial charge in [0.15, 0.2) is 0 Å². The zero-order chi connectivity index (χ0) is 27.1. The van der Waals surface area contributed by atoms with Crippen LogP contribution >= 0.6 is 11.8 Å². The number of carbonyl (C=O) groups excluding carboxylic acids is 3. The number of anilines is 1. The van der Waals surface area contributed by atoms with E-state index in [1.807, 2.05) is 79.7 Å². The molecule has 2 unspecified atom stereocenters. The molecule has 1 spiro atoms. The van der Waals surface area contributed by atoms with Gasteiger partial charge in [-0.15, -0.1) is 11.8 Å². The van der Waals surface area contributed by atoms with Crippen LogP contribution in [0, 0.1) is 11.8 Å². The van der Waals surface area contributed by atoms with Gasteiger partial charge in [-0.1, -0.05) is 67.6 Å². The van der Waals surface area contributed by atoms with Crippen molar-refractivity contribution in [2.24, 2.45) is 11.8 Å². The van der Waals surface area contributed by atoms with Crippen LogP contribution in [0.5, 0.6) is 0 Å². The van der Waals surface area contributed by atoms with E-state index >= 15 is 0 Å². The minimum absolute atomic E-state index is 0.0120. The molecule has 39 heavy (non-hydrogen) atoms. The SMILES string of the molecule is CC[C@@H](CO)N1C(=O)[C@@H]2[C@H](C(=O)NCc3ccccc3)[C@@H]3CCC2(S3)C1C(=O)Nc1ccc2ccccc2c1. The van der Waals surface area contributed by atoms with Gasteiger partial charge in [0.25, 0.3) is 0 Å². The lowest BCUT2D eigenvalue weighted by Crippen LogP contribution is -2.54. The summed E-state index contributed by atoms with van der Waals surface area (Å²) in [5, 5.41) is 18.4. The standard InChI is InChI=1S/C31H33N3O4S/c1-2-23(18-35)34-27(29(37)33-22-13-12-20-10-6-7-11-21(20)16-22)31-15-14-24(39-31)25(26(31)30(34)38)28(36)32-17-19-8-4-3-5-9-19/h3-13,16,23-27,35H,2,14-15,17-18H2,1H3,(H,32,36)(H,33,37)/t23-,24-,25+,26-,27?,31?/m0/s1. The molecule has 3 amide bonds. The summed E-state index contributed by atoms with van der Waals surface area (Å²) >= 11 is 1.64. The fourth-order valence-electron chi connectivity index (χ4n) is 6.88. The topological polar surface area (TPSA) is 98.7 Å². The Balaban J connectivity index is 1.31. The third-order valence-corrected chi connectivity index (χ3v) is 10.6. The monoisotopic (exact) mass is 543 g/mol. The minimum atomic E-state index is -0.763. The molecule has 3 aliphatic heterocycles. The van der Waals surface area contributed by atoms with Crippen molar-refractivity contribution >= 4 is 45.9 Å². The first kappa shape index (κ1) is 25.9. The highest BCUT2D eigenvalue weighted by Crippen LogP contribution is 2.66. The Bertz CT molecular complexity index is 1410. The van der Waals surface area contributed by atoms with E-state index in [9.17, 15) is 19.5 Å². The van der Waals surface area contributed by atoms with Crippen molar-refractivity contribution in [3.05, 3.63) is 78.4 Å². The minimum Gasteiger partial charge on any atom is -0.394 e. The highest BCUT2D eigenvalue weighted by molar-refractivity contribution is 8.02. The molecule has 202 valence electrons. The second-order valence-corrected chi connectivity index (χ2v) is 12.4. The molecule has 3 aliphatic rings. The van der Waals surface area contributed by atoms with E-state index in [4.69, 9.17) is 0 Å². The Labute approximate surface area is 232 Å². The van der Waals surface area contributed by atoms with Gasteiger partial charge >= 0.3 is 0 Å². The van der Waals surface area contributed by atoms with Crippen molar-refractivity contribution in [2.75, 3.05) is 11.9 Å². The third-order valence-electron chi connectivity index (χ3n) is 8.69. The zero-order valence-corrected chi connectivity index (χ0v) is 22.7. The number of fused-ring (bicyclic) bond motifs is 2. The van der Waals surface area contributed by atoms with E-state index < -0.39 is 28.7 Å². The summed E-state index contributed by atoms with van der Waals surface area (Å²) in [5.74, 6) is -1.68. The average Bonchev–Trinajstić information content (AvgIpc) is 3.60. The Morgan fingerprint density at radius 2 is 1.79 bits per heavy atom. The molecule has 0 aromatic heterocycles. The predicted octanol–water partition coefficient (Wildman–Crippen LogP) is 3.96. The summed E-state index contributed by atoms with van der Waals surface area (Å²) in [7, 11) is 0. The van der Waals surface area contributed by atoms with Crippen molar-refractivity contribution in [2.45, 2.75) is 54.8 Å². The highest BCUT2D eigenvalue weighted by atomic mass is 32.2. The van der Waals surface area contributed by atoms with E-state index in [2.05, 4.69) is 10.6 Å². The number of hydrogen-bond donors (Lipinski definition) is 3. The number of aliphatic hydroxyl groups is 1. The summed E-state index contributed by atoms with van der Waals surface area (Å²) in [6.45, 7) is 2.07. The fourth-order valence-corrected chi connectivity index (χ4v) is 9.08. The first-order valence-electron chi connectivity index (χ1n) is 13.7. The molecule has 7 nitrogen and oxygen atoms in total. The van der Waals surface area contributed by atoms with Gasteiger partial charge in [0.05, 0.1) is 29.2 Å². The van der Waals surface area contributed by atoms with E-state index in [-0.39, 0.29) is 29.6 Å². The van der Waals surface area contributed by atoms with Gasteiger partial charge in [0.1, 0.15) is 6.04 Å². The molecule has 0 aliphatic carbocycles. The Morgan fingerprint density at radius 1 is 1.05 bits per heavy atom. The maximum atomic E-state index is 14.1. The van der Waals surface area contributed by atoms with Crippen LogP contribution in [0.4, 0.5) is 5.69 Å². The Hall–Kier alpha value is -3.36. The lowest BCUT2D eigenvalue weighted by atomic mass is 9.70. The van der Waals surface area contributed by atoms with Gasteiger partial charge in [0, 0.05) is 17.5 Å². The van der Waals surface area contributed by atoms with Crippen LogP contribution in [0.3, 0.4) is 0 Å². The Kier molecular flexibility index (Phi) is 6.85. The number of carbonyl (C=O) groups is 3. The number of nitrogens with zero attached hydrogens (tertiary/aromatic N) is 1. The number of likely N-dealkylation sites (tertiary alicyclic amines) is 1. The fraction of sp³-hybridized carbons (Fsp3) is 0.387. The van der Waals surface area contributed by atoms with Gasteiger partial charge < -0.3 is 20.6 Å². The van der Waals surface area contributed by atoms with Crippen LogP contribution in [-0.4, -0.2) is 56.4 Å². The van der Waals surface area contributed by atoms with Gasteiger partial charge in [-0.05, 0) is 47.7 Å². The molecular formula is C31H33N3O4S. The van der Waals surface area contributed by atoms with Crippen LogP contribution in [0.1, 0.15) is 31.7 Å². The number of amides is 3. The van der Waals surface area contributed by atoms with Gasteiger partial charge in [0.2, 0.25) is 17.7 Å². The Morgan fingerprint density at radius 3 is 2.54 bits per heavy atom. The van der Waals surface area contributed by atoms with Crippen LogP contribution in [0.15, 0.2) is 72.8 Å². The predicted molar refractivity (Wildman–Crippen MR) is 153 cm³/mol. The van der Waals surface area contributed by atoms with Crippen LogP contribution in [-0.2, 0) is 20.9 Å². The van der Waals surface area contributed by atoms with Gasteiger partial charge in [-0.25, -0.2) is 0 Å². The van der Waals surface area contributed by atoms with Crippen molar-refractivity contribution < 1.29 is 19.5 Å². The highest BCUT2D eigenvalue weighted by Gasteiger charge is 2.74. The quantitative estimate of drug-likeness (QED) is 0.400. The molecular weight excluding hydrogens is 510 g/mol. The smallest absolute Gasteiger partial charge is 0.248 e. The van der Waals surface area contributed by atoms with Gasteiger partial charge in [-0.2, -0.15) is 0 Å². The molecule has 0 radical (unpaired) electrons. The summed E-state index contributed by atoms with van der Waals surface area (Å²) < 4.78 is -0.694. The second-order valence-electron chi connectivity index (χ2n) is 10.8. The largest absolute Gasteiger partial charge is 0.394 e. The molecule has 2 bridgehead atoms. The zero-order valence-electron chi connectivity index (χ0n) is 21.9. The van der Waals surface area contributed by atoms with Crippen LogP contribution in [0.25, 0.3) is 10.8 Å². The molecule has 3 fully saturated rings. The van der Waals surface area contributed by atoms with Gasteiger partial charge in [-0.3, -0.25) is 14.4 Å². The molecule has 3 aromatic rings. The summed E-state index contributed by atoms with van der Waals surface area (Å²) in [6, 6.07) is 22.2. The first-order valence-corrected chi connectivity index (χ1v) is 14.6. The summed E-state index contributed by atoms with van der Waals surface area (Å²) in [4.78, 5) is 43.3. The maximum absolute atomic E-state index is 14.1. The molecule has 3 saturated heterocycles. The molecule has 8 heteroatoms. The molecule has 6 rings (SSSR count). The van der Waals surface area contributed by atoms with Crippen LogP contribution in [0.2, 0.25) is 0 Å². The molecule has 0 saturated carbocycles. The molecule has 6 atom stereocenters.